The number of hydrogen-bond donors (Lipinski definition) is 1. The van der Waals surface area contributed by atoms with Crippen LogP contribution in [-0.2, 0) is 0 Å². The molecule has 0 radical (unpaired) electrons. The molecular weight excluding hydrogens is 322 g/mol. The number of rotatable bonds is 1. The van der Waals surface area contributed by atoms with Gasteiger partial charge >= 0.3 is 80.4 Å². The second-order valence-electron chi connectivity index (χ2n) is 1.90. The van der Waals surface area contributed by atoms with E-state index in [-0.39, 0.29) is 5.75 Å². The van der Waals surface area contributed by atoms with Crippen molar-refractivity contribution >= 4 is 45.3 Å². The molecule has 1 nitrogen and oxygen atoms in total. The summed E-state index contributed by atoms with van der Waals surface area (Å²) in [6.45, 7) is 0. The number of phenolic OH excluding ortho intramolecular Hbond substituents is 1. The zero-order valence-corrected chi connectivity index (χ0v) is 9.90. The van der Waals surface area contributed by atoms with Crippen LogP contribution >= 0.6 is 26.9 Å². The molecule has 0 saturated carbocycles. The van der Waals surface area contributed by atoms with Crippen LogP contribution in [0.2, 0.25) is 0 Å². The van der Waals surface area contributed by atoms with Gasteiger partial charge in [-0.25, -0.2) is 0 Å². The molecule has 1 aromatic rings. The molecule has 0 amide bonds. The Bertz CT molecular complexity index is 241. The van der Waals surface area contributed by atoms with Crippen molar-refractivity contribution in [3.63, 3.8) is 0 Å². The van der Waals surface area contributed by atoms with Gasteiger partial charge in [0.1, 0.15) is 0 Å². The zero-order valence-electron chi connectivity index (χ0n) is 5.30. The molecule has 0 atom stereocenters. The summed E-state index contributed by atoms with van der Waals surface area (Å²) in [6, 6.07) is 6.32. The van der Waals surface area contributed by atoms with Crippen LogP contribution in [0.15, 0.2) is 24.3 Å². The van der Waals surface area contributed by atoms with Crippen LogP contribution < -0.4 is 3.61 Å². The molecule has 62 valence electrons. The molecule has 1 rings (SSSR count). The average Bonchev–Trinajstić information content (AvgIpc) is 1.86. The molecular formula is C6H5Cl3OTe. The maximum atomic E-state index is 8.91. The Hall–Kier alpha value is 0.680. The van der Waals surface area contributed by atoms with E-state index >= 15 is 0 Å². The second kappa shape index (κ2) is 3.60. The van der Waals surface area contributed by atoms with E-state index in [4.69, 9.17) is 32.0 Å². The Balaban J connectivity index is 2.99. The Morgan fingerprint density at radius 3 is 1.82 bits per heavy atom. The Labute approximate surface area is 79.9 Å². The van der Waals surface area contributed by atoms with E-state index in [0.717, 1.165) is 3.61 Å². The number of benzene rings is 1. The molecule has 1 N–H and O–H groups in total. The van der Waals surface area contributed by atoms with Crippen molar-refractivity contribution in [1.82, 2.24) is 0 Å². The van der Waals surface area contributed by atoms with Gasteiger partial charge in [-0.05, 0) is 0 Å². The summed E-state index contributed by atoms with van der Waals surface area (Å²) in [5.41, 5.74) is 0. The van der Waals surface area contributed by atoms with Crippen molar-refractivity contribution in [3.05, 3.63) is 24.3 Å². The predicted molar refractivity (Wildman–Crippen MR) is 51.1 cm³/mol. The quantitative estimate of drug-likeness (QED) is 0.785. The Morgan fingerprint density at radius 2 is 1.45 bits per heavy atom. The topological polar surface area (TPSA) is 20.2 Å². The third-order valence-corrected chi connectivity index (χ3v) is 6.99. The first-order chi connectivity index (χ1) is 5.00. The van der Waals surface area contributed by atoms with E-state index in [0.29, 0.717) is 0 Å². The van der Waals surface area contributed by atoms with E-state index in [1.165, 1.54) is 12.1 Å². The van der Waals surface area contributed by atoms with Crippen LogP contribution in [0.25, 0.3) is 0 Å². The predicted octanol–water partition coefficient (Wildman–Crippen LogP) is 2.25. The summed E-state index contributed by atoms with van der Waals surface area (Å²) in [4.78, 5) is 0. The molecule has 0 aliphatic rings. The normalized spacial score (nSPS) is 13.0. The van der Waals surface area contributed by atoms with Gasteiger partial charge in [0.2, 0.25) is 0 Å². The van der Waals surface area contributed by atoms with Gasteiger partial charge in [-0.1, -0.05) is 0 Å². The zero-order chi connectivity index (χ0) is 8.48. The van der Waals surface area contributed by atoms with Gasteiger partial charge in [0, 0.05) is 0 Å². The van der Waals surface area contributed by atoms with E-state index in [1.54, 1.807) is 12.1 Å². The number of hydrogen-bond acceptors (Lipinski definition) is 1. The van der Waals surface area contributed by atoms with Crippen LogP contribution in [0, 0.1) is 0 Å². The van der Waals surface area contributed by atoms with Gasteiger partial charge in [0.25, 0.3) is 0 Å². The van der Waals surface area contributed by atoms with Crippen LogP contribution in [0.5, 0.6) is 5.75 Å². The summed E-state index contributed by atoms with van der Waals surface area (Å²) in [7, 11) is 17.3. The molecule has 0 aromatic heterocycles. The van der Waals surface area contributed by atoms with Crippen LogP contribution in [0.3, 0.4) is 0 Å². The molecule has 0 aliphatic carbocycles. The fourth-order valence-electron chi connectivity index (χ4n) is 0.600. The summed E-state index contributed by atoms with van der Waals surface area (Å²) in [5.74, 6) is 0.186. The summed E-state index contributed by atoms with van der Waals surface area (Å²) in [6.07, 6.45) is 0. The van der Waals surface area contributed by atoms with E-state index in [9.17, 15) is 0 Å². The SMILES string of the molecule is Oc1ccc([Te](Cl)(Cl)Cl)cc1. The standard InChI is InChI=1S/C6H5Cl3OTe/c7-11(8,9)6-3-1-5(10)2-4-6/h1-4,10H. The monoisotopic (exact) mass is 328 g/mol. The number of halogens is 3. The molecule has 0 unspecified atom stereocenters. The molecule has 0 bridgehead atoms. The number of aromatic hydroxyl groups is 1. The minimum atomic E-state index is -3.24. The van der Waals surface area contributed by atoms with E-state index in [2.05, 4.69) is 0 Å². The maximum absolute atomic E-state index is 8.91. The molecule has 1 aromatic carbocycles. The van der Waals surface area contributed by atoms with Crippen molar-refractivity contribution in [1.29, 1.82) is 0 Å². The van der Waals surface area contributed by atoms with Crippen LogP contribution in [0.1, 0.15) is 0 Å². The van der Waals surface area contributed by atoms with Gasteiger partial charge < -0.3 is 0 Å². The first-order valence-corrected chi connectivity index (χ1v) is 12.7. The molecule has 0 heterocycles. The van der Waals surface area contributed by atoms with E-state index < -0.39 is 14.8 Å². The number of phenols is 1. The molecule has 0 saturated heterocycles. The summed E-state index contributed by atoms with van der Waals surface area (Å²) >= 11 is -3.24. The average molecular weight is 327 g/mol. The van der Waals surface area contributed by atoms with Gasteiger partial charge in [-0.15, -0.1) is 0 Å². The summed E-state index contributed by atoms with van der Waals surface area (Å²) < 4.78 is 0.732. The van der Waals surface area contributed by atoms with Crippen molar-refractivity contribution in [2.75, 3.05) is 0 Å². The summed E-state index contributed by atoms with van der Waals surface area (Å²) in [5, 5.41) is 8.91. The molecule has 0 spiro atoms. The Morgan fingerprint density at radius 1 is 1.00 bits per heavy atom. The fraction of sp³-hybridized carbons (Fsp3) is 0. The molecule has 0 fully saturated rings. The third-order valence-electron chi connectivity index (χ3n) is 1.10. The van der Waals surface area contributed by atoms with Gasteiger partial charge in [0.05, 0.1) is 0 Å². The van der Waals surface area contributed by atoms with Crippen LogP contribution in [0.4, 0.5) is 0 Å². The first kappa shape index (κ1) is 9.77. The van der Waals surface area contributed by atoms with Crippen molar-refractivity contribution in [3.8, 4) is 5.75 Å². The second-order valence-corrected chi connectivity index (χ2v) is 18.1. The Kier molecular flexibility index (Phi) is 3.19. The molecule has 5 heteroatoms. The molecule has 11 heavy (non-hydrogen) atoms. The minimum absolute atomic E-state index is 0.186. The third kappa shape index (κ3) is 2.89. The van der Waals surface area contributed by atoms with Gasteiger partial charge in [-0.2, -0.15) is 0 Å². The van der Waals surface area contributed by atoms with E-state index in [1.807, 2.05) is 0 Å². The van der Waals surface area contributed by atoms with Crippen molar-refractivity contribution in [2.45, 2.75) is 0 Å². The van der Waals surface area contributed by atoms with Crippen molar-refractivity contribution in [2.24, 2.45) is 0 Å². The van der Waals surface area contributed by atoms with Crippen LogP contribution in [-0.4, -0.2) is 19.9 Å². The van der Waals surface area contributed by atoms with Gasteiger partial charge in [0.15, 0.2) is 0 Å². The fourth-order valence-corrected chi connectivity index (χ4v) is 3.94. The van der Waals surface area contributed by atoms with Gasteiger partial charge in [-0.3, -0.25) is 0 Å². The van der Waals surface area contributed by atoms with Crippen molar-refractivity contribution < 1.29 is 5.11 Å². The molecule has 0 aliphatic heterocycles. The first-order valence-electron chi connectivity index (χ1n) is 2.71.